The van der Waals surface area contributed by atoms with Gasteiger partial charge in [0, 0.05) is 19.3 Å². The van der Waals surface area contributed by atoms with Crippen molar-refractivity contribution in [2.24, 2.45) is 5.92 Å². The minimum absolute atomic E-state index is 0.166. The van der Waals surface area contributed by atoms with Gasteiger partial charge in [0.1, 0.15) is 11.6 Å². The predicted octanol–water partition coefficient (Wildman–Crippen LogP) is 5.76. The fraction of sp³-hybridized carbons (Fsp3) is 0.542. The smallest absolute Gasteiger partial charge is 0.128 e. The first kappa shape index (κ1) is 19.7. The quantitative estimate of drug-likeness (QED) is 0.607. The maximum absolute atomic E-state index is 5.89. The molecule has 146 valence electrons. The molecule has 3 nitrogen and oxygen atoms in total. The van der Waals surface area contributed by atoms with Gasteiger partial charge in [-0.25, -0.2) is 4.98 Å². The first-order chi connectivity index (χ1) is 12.9. The van der Waals surface area contributed by atoms with Crippen molar-refractivity contribution < 1.29 is 4.74 Å². The minimum atomic E-state index is 0.166. The van der Waals surface area contributed by atoms with E-state index in [9.17, 15) is 0 Å². The Balaban J connectivity index is 1.38. The summed E-state index contributed by atoms with van der Waals surface area (Å²) in [7, 11) is 0. The first-order valence-corrected chi connectivity index (χ1v) is 10.3. The Morgan fingerprint density at radius 1 is 1.11 bits per heavy atom. The number of nitrogens with zero attached hydrogens (tertiary/aromatic N) is 2. The number of anilines is 1. The number of ether oxygens (including phenoxy) is 1. The molecule has 0 bridgehead atoms. The van der Waals surface area contributed by atoms with E-state index >= 15 is 0 Å². The van der Waals surface area contributed by atoms with Gasteiger partial charge < -0.3 is 9.64 Å². The number of hydrogen-bond acceptors (Lipinski definition) is 3. The van der Waals surface area contributed by atoms with Gasteiger partial charge in [-0.2, -0.15) is 0 Å². The summed E-state index contributed by atoms with van der Waals surface area (Å²) in [5, 5.41) is 0. The monoisotopic (exact) mass is 366 g/mol. The molecule has 1 aromatic carbocycles. The van der Waals surface area contributed by atoms with Crippen LogP contribution in [-0.4, -0.2) is 24.7 Å². The first-order valence-electron chi connectivity index (χ1n) is 10.3. The lowest BCUT2D eigenvalue weighted by molar-refractivity contribution is 0.279. The fourth-order valence-electron chi connectivity index (χ4n) is 3.73. The number of piperidine rings is 1. The van der Waals surface area contributed by atoms with Gasteiger partial charge in [0.25, 0.3) is 0 Å². The molecule has 2 aromatic rings. The molecule has 27 heavy (non-hydrogen) atoms. The highest BCUT2D eigenvalue weighted by Gasteiger charge is 2.21. The van der Waals surface area contributed by atoms with Crippen LogP contribution in [0.1, 0.15) is 57.6 Å². The molecule has 0 aliphatic carbocycles. The van der Waals surface area contributed by atoms with E-state index in [1.54, 1.807) is 0 Å². The summed E-state index contributed by atoms with van der Waals surface area (Å²) in [6, 6.07) is 12.7. The van der Waals surface area contributed by atoms with Crippen LogP contribution in [-0.2, 0) is 5.41 Å². The highest BCUT2D eigenvalue weighted by atomic mass is 16.5. The molecule has 0 spiro atoms. The van der Waals surface area contributed by atoms with Crippen LogP contribution < -0.4 is 9.64 Å². The predicted molar refractivity (Wildman–Crippen MR) is 114 cm³/mol. The summed E-state index contributed by atoms with van der Waals surface area (Å²) in [5.41, 5.74) is 2.72. The molecule has 3 heteroatoms. The largest absolute Gasteiger partial charge is 0.494 e. The second kappa shape index (κ2) is 8.77. The van der Waals surface area contributed by atoms with E-state index in [-0.39, 0.29) is 5.41 Å². The molecule has 1 aliphatic heterocycles. The SMILES string of the molecule is Cc1cccc(OCCCC2CCN(c3ccc(C(C)(C)C)cn3)CC2)c1. The van der Waals surface area contributed by atoms with Crippen LogP contribution in [0.15, 0.2) is 42.6 Å². The van der Waals surface area contributed by atoms with Crippen LogP contribution in [0.5, 0.6) is 5.75 Å². The Kier molecular flexibility index (Phi) is 6.41. The van der Waals surface area contributed by atoms with E-state index in [0.717, 1.165) is 43.6 Å². The molecule has 0 radical (unpaired) electrons. The highest BCUT2D eigenvalue weighted by molar-refractivity contribution is 5.40. The Labute approximate surface area is 164 Å². The van der Waals surface area contributed by atoms with Crippen molar-refractivity contribution in [3.63, 3.8) is 0 Å². The van der Waals surface area contributed by atoms with Gasteiger partial charge in [-0.1, -0.05) is 39.0 Å². The summed E-state index contributed by atoms with van der Waals surface area (Å²) in [6.07, 6.45) is 6.96. The zero-order valence-electron chi connectivity index (χ0n) is 17.4. The molecule has 0 amide bonds. The van der Waals surface area contributed by atoms with Crippen molar-refractivity contribution in [1.29, 1.82) is 0 Å². The molecule has 1 fully saturated rings. The van der Waals surface area contributed by atoms with Crippen LogP contribution in [0.4, 0.5) is 5.82 Å². The van der Waals surface area contributed by atoms with Crippen LogP contribution >= 0.6 is 0 Å². The maximum Gasteiger partial charge on any atom is 0.128 e. The lowest BCUT2D eigenvalue weighted by Crippen LogP contribution is -2.34. The number of aryl methyl sites for hydroxylation is 1. The molecule has 1 saturated heterocycles. The second-order valence-corrected chi connectivity index (χ2v) is 8.89. The van der Waals surface area contributed by atoms with E-state index in [0.29, 0.717) is 0 Å². The van der Waals surface area contributed by atoms with Crippen molar-refractivity contribution in [2.45, 2.75) is 58.8 Å². The molecular weight excluding hydrogens is 332 g/mol. The van der Waals surface area contributed by atoms with E-state index in [2.05, 4.69) is 62.9 Å². The topological polar surface area (TPSA) is 25.4 Å². The highest BCUT2D eigenvalue weighted by Crippen LogP contribution is 2.27. The molecule has 3 rings (SSSR count). The van der Waals surface area contributed by atoms with Crippen LogP contribution in [0, 0.1) is 12.8 Å². The summed E-state index contributed by atoms with van der Waals surface area (Å²) in [5.74, 6) is 2.94. The van der Waals surface area contributed by atoms with Gasteiger partial charge in [-0.15, -0.1) is 0 Å². The normalized spacial score (nSPS) is 15.8. The van der Waals surface area contributed by atoms with E-state index in [4.69, 9.17) is 9.72 Å². The number of aromatic nitrogens is 1. The lowest BCUT2D eigenvalue weighted by Gasteiger charge is -2.33. The van der Waals surface area contributed by atoms with E-state index in [1.807, 2.05) is 12.3 Å². The van der Waals surface area contributed by atoms with Crippen molar-refractivity contribution in [1.82, 2.24) is 4.98 Å². The van der Waals surface area contributed by atoms with Gasteiger partial charge in [0.2, 0.25) is 0 Å². The maximum atomic E-state index is 5.89. The van der Waals surface area contributed by atoms with Gasteiger partial charge in [0.15, 0.2) is 0 Å². The van der Waals surface area contributed by atoms with Crippen LogP contribution in [0.3, 0.4) is 0 Å². The molecular formula is C24H34N2O. The van der Waals surface area contributed by atoms with Gasteiger partial charge in [-0.05, 0) is 73.3 Å². The van der Waals surface area contributed by atoms with Crippen LogP contribution in [0.2, 0.25) is 0 Å². The molecule has 1 aliphatic rings. The molecule has 1 aromatic heterocycles. The summed E-state index contributed by atoms with van der Waals surface area (Å²) >= 11 is 0. The zero-order chi connectivity index (χ0) is 19.3. The molecule has 2 heterocycles. The standard InChI is InChI=1S/C24H34N2O/c1-19-7-5-9-22(17-19)27-16-6-8-20-12-14-26(15-13-20)23-11-10-21(18-25-23)24(2,3)4/h5,7,9-11,17-18,20H,6,8,12-16H2,1-4H3. The van der Waals surface area contributed by atoms with Crippen molar-refractivity contribution in [3.8, 4) is 5.75 Å². The lowest BCUT2D eigenvalue weighted by atomic mass is 9.88. The number of pyridine rings is 1. The van der Waals surface area contributed by atoms with E-state index in [1.165, 1.54) is 30.4 Å². The average molecular weight is 367 g/mol. The molecule has 0 atom stereocenters. The van der Waals surface area contributed by atoms with E-state index < -0.39 is 0 Å². The van der Waals surface area contributed by atoms with Crippen molar-refractivity contribution in [2.75, 3.05) is 24.6 Å². The van der Waals surface area contributed by atoms with Crippen LogP contribution in [0.25, 0.3) is 0 Å². The third-order valence-corrected chi connectivity index (χ3v) is 5.57. The third-order valence-electron chi connectivity index (χ3n) is 5.57. The number of rotatable bonds is 6. The Morgan fingerprint density at radius 3 is 2.52 bits per heavy atom. The third kappa shape index (κ3) is 5.72. The number of hydrogen-bond donors (Lipinski definition) is 0. The molecule has 0 N–H and O–H groups in total. The van der Waals surface area contributed by atoms with Crippen molar-refractivity contribution >= 4 is 5.82 Å². The second-order valence-electron chi connectivity index (χ2n) is 8.89. The summed E-state index contributed by atoms with van der Waals surface area (Å²) in [4.78, 5) is 7.15. The average Bonchev–Trinajstić information content (AvgIpc) is 2.65. The Hall–Kier alpha value is -2.03. The Bertz CT molecular complexity index is 710. The van der Waals surface area contributed by atoms with Gasteiger partial charge >= 0.3 is 0 Å². The minimum Gasteiger partial charge on any atom is -0.494 e. The summed E-state index contributed by atoms with van der Waals surface area (Å²) in [6.45, 7) is 11.9. The van der Waals surface area contributed by atoms with Gasteiger partial charge in [-0.3, -0.25) is 0 Å². The number of benzene rings is 1. The molecule has 0 unspecified atom stereocenters. The Morgan fingerprint density at radius 2 is 1.89 bits per heavy atom. The summed E-state index contributed by atoms with van der Waals surface area (Å²) < 4.78 is 5.89. The molecule has 0 saturated carbocycles. The zero-order valence-corrected chi connectivity index (χ0v) is 17.4. The fourth-order valence-corrected chi connectivity index (χ4v) is 3.73. The van der Waals surface area contributed by atoms with Gasteiger partial charge in [0.05, 0.1) is 6.61 Å². The van der Waals surface area contributed by atoms with Crippen molar-refractivity contribution in [3.05, 3.63) is 53.7 Å².